The average Bonchev–Trinajstić information content (AvgIpc) is 3.14. The van der Waals surface area contributed by atoms with Crippen LogP contribution in [-0.2, 0) is 19.6 Å². The van der Waals surface area contributed by atoms with Crippen LogP contribution in [0.5, 0.6) is 17.2 Å². The smallest absolute Gasteiger partial charge is 0.160 e. The second kappa shape index (κ2) is 8.69. The van der Waals surface area contributed by atoms with Crippen LogP contribution in [0.15, 0.2) is 72.8 Å². The van der Waals surface area contributed by atoms with Gasteiger partial charge in [0.25, 0.3) is 0 Å². The number of ether oxygens (including phenoxy) is 3. The standard InChI is InChI=1S/C24H24N2O3/c1-27-22-13-12-18(16-23(22)28-2)14-15-26-21-11-7-6-10-20(21)25-24(26)17-29-19-8-4-3-5-9-19/h3-13,16H,14-15,17H2,1-2H3. The van der Waals surface area contributed by atoms with E-state index in [9.17, 15) is 0 Å². The molecule has 0 atom stereocenters. The number of para-hydroxylation sites is 3. The molecular weight excluding hydrogens is 364 g/mol. The highest BCUT2D eigenvalue weighted by atomic mass is 16.5. The van der Waals surface area contributed by atoms with E-state index in [2.05, 4.69) is 16.7 Å². The van der Waals surface area contributed by atoms with Gasteiger partial charge in [-0.3, -0.25) is 0 Å². The molecule has 0 spiro atoms. The maximum absolute atomic E-state index is 5.96. The zero-order chi connectivity index (χ0) is 20.1. The van der Waals surface area contributed by atoms with Gasteiger partial charge in [-0.2, -0.15) is 0 Å². The van der Waals surface area contributed by atoms with E-state index in [1.54, 1.807) is 14.2 Å². The lowest BCUT2D eigenvalue weighted by atomic mass is 10.1. The van der Waals surface area contributed by atoms with Crippen LogP contribution >= 0.6 is 0 Å². The molecule has 1 aromatic heterocycles. The first-order chi connectivity index (χ1) is 14.3. The van der Waals surface area contributed by atoms with Crippen molar-refractivity contribution in [3.05, 3.63) is 84.2 Å². The Hall–Kier alpha value is -3.47. The zero-order valence-corrected chi connectivity index (χ0v) is 16.7. The molecule has 148 valence electrons. The number of benzene rings is 3. The fraction of sp³-hybridized carbons (Fsp3) is 0.208. The van der Waals surface area contributed by atoms with Crippen molar-refractivity contribution in [2.45, 2.75) is 19.6 Å². The highest BCUT2D eigenvalue weighted by Crippen LogP contribution is 2.28. The lowest BCUT2D eigenvalue weighted by molar-refractivity contribution is 0.290. The Labute approximate surface area is 170 Å². The lowest BCUT2D eigenvalue weighted by Crippen LogP contribution is -2.09. The van der Waals surface area contributed by atoms with Crippen molar-refractivity contribution in [2.24, 2.45) is 0 Å². The van der Waals surface area contributed by atoms with Crippen molar-refractivity contribution < 1.29 is 14.2 Å². The van der Waals surface area contributed by atoms with Gasteiger partial charge in [0.2, 0.25) is 0 Å². The van der Waals surface area contributed by atoms with E-state index >= 15 is 0 Å². The molecule has 0 radical (unpaired) electrons. The molecule has 29 heavy (non-hydrogen) atoms. The van der Waals surface area contributed by atoms with Crippen molar-refractivity contribution >= 4 is 11.0 Å². The molecule has 0 fully saturated rings. The van der Waals surface area contributed by atoms with Gasteiger partial charge in [-0.05, 0) is 48.4 Å². The molecule has 5 nitrogen and oxygen atoms in total. The highest BCUT2D eigenvalue weighted by molar-refractivity contribution is 5.75. The summed E-state index contributed by atoms with van der Waals surface area (Å²) in [5.41, 5.74) is 3.27. The van der Waals surface area contributed by atoms with Crippen LogP contribution in [0.2, 0.25) is 0 Å². The van der Waals surface area contributed by atoms with Gasteiger partial charge in [0.1, 0.15) is 18.2 Å². The third-order valence-electron chi connectivity index (χ3n) is 4.92. The normalized spacial score (nSPS) is 10.8. The molecule has 3 aromatic carbocycles. The van der Waals surface area contributed by atoms with Crippen LogP contribution in [-0.4, -0.2) is 23.8 Å². The van der Waals surface area contributed by atoms with E-state index < -0.39 is 0 Å². The minimum atomic E-state index is 0.421. The van der Waals surface area contributed by atoms with Crippen LogP contribution in [0.25, 0.3) is 11.0 Å². The van der Waals surface area contributed by atoms with E-state index in [4.69, 9.17) is 19.2 Å². The van der Waals surface area contributed by atoms with Gasteiger partial charge in [-0.25, -0.2) is 4.98 Å². The topological polar surface area (TPSA) is 45.5 Å². The maximum atomic E-state index is 5.96. The number of aromatic nitrogens is 2. The van der Waals surface area contributed by atoms with Crippen LogP contribution in [0, 0.1) is 0 Å². The van der Waals surface area contributed by atoms with E-state index in [0.717, 1.165) is 47.1 Å². The first kappa shape index (κ1) is 18.9. The summed E-state index contributed by atoms with van der Waals surface area (Å²) in [6.07, 6.45) is 0.846. The highest BCUT2D eigenvalue weighted by Gasteiger charge is 2.12. The molecule has 0 amide bonds. The minimum Gasteiger partial charge on any atom is -0.493 e. The summed E-state index contributed by atoms with van der Waals surface area (Å²) in [4.78, 5) is 4.79. The van der Waals surface area contributed by atoms with Gasteiger partial charge in [0.05, 0.1) is 25.3 Å². The number of nitrogens with zero attached hydrogens (tertiary/aromatic N) is 2. The number of hydrogen-bond donors (Lipinski definition) is 0. The Kier molecular flexibility index (Phi) is 5.66. The molecule has 1 heterocycles. The predicted octanol–water partition coefficient (Wildman–Crippen LogP) is 4.88. The van der Waals surface area contributed by atoms with Gasteiger partial charge < -0.3 is 18.8 Å². The molecular formula is C24H24N2O3. The number of hydrogen-bond acceptors (Lipinski definition) is 4. The minimum absolute atomic E-state index is 0.421. The second-order valence-corrected chi connectivity index (χ2v) is 6.71. The van der Waals surface area contributed by atoms with Crippen molar-refractivity contribution in [2.75, 3.05) is 14.2 Å². The molecule has 4 aromatic rings. The molecule has 0 N–H and O–H groups in total. The number of imidazole rings is 1. The first-order valence-electron chi connectivity index (χ1n) is 9.61. The van der Waals surface area contributed by atoms with Crippen molar-refractivity contribution in [1.29, 1.82) is 0 Å². The van der Waals surface area contributed by atoms with Crippen molar-refractivity contribution in [3.8, 4) is 17.2 Å². The van der Waals surface area contributed by atoms with Crippen LogP contribution < -0.4 is 14.2 Å². The van der Waals surface area contributed by atoms with Crippen LogP contribution in [0.4, 0.5) is 0 Å². The van der Waals surface area contributed by atoms with E-state index in [1.165, 1.54) is 5.56 Å². The third-order valence-corrected chi connectivity index (χ3v) is 4.92. The summed E-state index contributed by atoms with van der Waals surface area (Å²) in [6.45, 7) is 1.22. The Morgan fingerprint density at radius 1 is 0.828 bits per heavy atom. The molecule has 0 unspecified atom stereocenters. The zero-order valence-electron chi connectivity index (χ0n) is 16.7. The van der Waals surface area contributed by atoms with Crippen molar-refractivity contribution in [3.63, 3.8) is 0 Å². The van der Waals surface area contributed by atoms with E-state index in [-0.39, 0.29) is 0 Å². The SMILES string of the molecule is COc1ccc(CCn2c(COc3ccccc3)nc3ccccc32)cc1OC. The fourth-order valence-corrected chi connectivity index (χ4v) is 3.43. The van der Waals surface area contributed by atoms with E-state index in [1.807, 2.05) is 60.7 Å². The fourth-order valence-electron chi connectivity index (χ4n) is 3.43. The van der Waals surface area contributed by atoms with Crippen LogP contribution in [0.1, 0.15) is 11.4 Å². The predicted molar refractivity (Wildman–Crippen MR) is 114 cm³/mol. The Bertz CT molecular complexity index is 1090. The molecule has 0 saturated carbocycles. The molecule has 4 rings (SSSR count). The van der Waals surface area contributed by atoms with Gasteiger partial charge in [-0.1, -0.05) is 36.4 Å². The monoisotopic (exact) mass is 388 g/mol. The molecule has 0 aliphatic rings. The maximum Gasteiger partial charge on any atom is 0.160 e. The summed E-state index contributed by atoms with van der Waals surface area (Å²) in [5.74, 6) is 3.23. The third kappa shape index (κ3) is 4.19. The Morgan fingerprint density at radius 3 is 2.38 bits per heavy atom. The van der Waals surface area contributed by atoms with Crippen molar-refractivity contribution in [1.82, 2.24) is 9.55 Å². The van der Waals surface area contributed by atoms with E-state index in [0.29, 0.717) is 6.61 Å². The number of fused-ring (bicyclic) bond motifs is 1. The summed E-state index contributed by atoms with van der Waals surface area (Å²) >= 11 is 0. The number of methoxy groups -OCH3 is 2. The molecule has 5 heteroatoms. The molecule has 0 bridgehead atoms. The van der Waals surface area contributed by atoms with Gasteiger partial charge in [0.15, 0.2) is 11.5 Å². The van der Waals surface area contributed by atoms with Gasteiger partial charge in [0, 0.05) is 6.54 Å². The van der Waals surface area contributed by atoms with Gasteiger partial charge >= 0.3 is 0 Å². The summed E-state index contributed by atoms with van der Waals surface area (Å²) in [7, 11) is 3.30. The first-order valence-corrected chi connectivity index (χ1v) is 9.61. The molecule has 0 aliphatic heterocycles. The van der Waals surface area contributed by atoms with Gasteiger partial charge in [-0.15, -0.1) is 0 Å². The Morgan fingerprint density at radius 2 is 1.59 bits per heavy atom. The van der Waals surface area contributed by atoms with Crippen LogP contribution in [0.3, 0.4) is 0 Å². The average molecular weight is 388 g/mol. The Balaban J connectivity index is 1.57. The number of aryl methyl sites for hydroxylation is 2. The molecule has 0 saturated heterocycles. The molecule has 0 aliphatic carbocycles. The largest absolute Gasteiger partial charge is 0.493 e. The quantitative estimate of drug-likeness (QED) is 0.432. The number of rotatable bonds is 8. The summed E-state index contributed by atoms with van der Waals surface area (Å²) in [5, 5.41) is 0. The second-order valence-electron chi connectivity index (χ2n) is 6.71. The summed E-state index contributed by atoms with van der Waals surface area (Å²) in [6, 6.07) is 24.0. The summed E-state index contributed by atoms with van der Waals surface area (Å²) < 4.78 is 19.0. The lowest BCUT2D eigenvalue weighted by Gasteiger charge is -2.12.